The molecule has 5 aromatic rings. The van der Waals surface area contributed by atoms with Crippen molar-refractivity contribution in [2.45, 2.75) is 76.5 Å². The average Bonchev–Trinajstić information content (AvgIpc) is 3.89. The van der Waals surface area contributed by atoms with Gasteiger partial charge in [-0.15, -0.1) is 0 Å². The van der Waals surface area contributed by atoms with Crippen molar-refractivity contribution in [3.63, 3.8) is 0 Å². The number of nitriles is 1. The van der Waals surface area contributed by atoms with Gasteiger partial charge in [0.2, 0.25) is 23.6 Å². The van der Waals surface area contributed by atoms with Crippen LogP contribution in [0, 0.1) is 11.3 Å². The maximum atomic E-state index is 14.7. The summed E-state index contributed by atoms with van der Waals surface area (Å²) in [6, 6.07) is 23.1. The van der Waals surface area contributed by atoms with E-state index in [9.17, 15) is 29.2 Å². The van der Waals surface area contributed by atoms with Crippen LogP contribution < -0.4 is 52.7 Å². The van der Waals surface area contributed by atoms with Gasteiger partial charge in [0, 0.05) is 60.4 Å². The van der Waals surface area contributed by atoms with Crippen LogP contribution in [0.1, 0.15) is 73.5 Å². The number of unbranched alkanes of at least 4 members (excludes halogenated alkanes) is 3. The molecule has 4 bridgehead atoms. The Morgan fingerprint density at radius 3 is 2.17 bits per heavy atom. The first-order valence-electron chi connectivity index (χ1n) is 24.2. The minimum Gasteiger partial charge on any atom is -0.494 e. The summed E-state index contributed by atoms with van der Waals surface area (Å²) in [5, 5.41) is 24.2. The van der Waals surface area contributed by atoms with Gasteiger partial charge in [-0.2, -0.15) is 5.26 Å². The van der Waals surface area contributed by atoms with Gasteiger partial charge in [-0.05, 0) is 98.1 Å². The van der Waals surface area contributed by atoms with Gasteiger partial charge in [0.15, 0.2) is 5.76 Å². The fraction of sp³-hybridized carbons (Fsp3) is 0.377. The molecule has 4 atom stereocenters. The molecule has 19 heteroatoms. The Morgan fingerprint density at radius 1 is 0.819 bits per heavy atom. The van der Waals surface area contributed by atoms with E-state index in [0.29, 0.717) is 57.4 Å². The molecule has 1 unspecified atom stereocenters. The number of hydrogen-bond donors (Lipinski definition) is 7. The lowest BCUT2D eigenvalue weighted by Crippen LogP contribution is -2.56. The largest absolute Gasteiger partial charge is 0.494 e. The number of amides is 5. The normalized spacial score (nSPS) is 15.9. The third kappa shape index (κ3) is 14.0. The van der Waals surface area contributed by atoms with Gasteiger partial charge in [0.05, 0.1) is 12.7 Å². The summed E-state index contributed by atoms with van der Waals surface area (Å²) in [5.74, 6) is -1.21. The van der Waals surface area contributed by atoms with E-state index in [1.54, 1.807) is 66.7 Å². The number of benzene rings is 4. The maximum absolute atomic E-state index is 14.7. The Bertz CT molecular complexity index is 2690. The molecule has 0 aliphatic carbocycles. The number of fused-ring (bicyclic) bond motifs is 5. The molecule has 0 radical (unpaired) electrons. The lowest BCUT2D eigenvalue weighted by atomic mass is 9.93. The topological polar surface area (TPSA) is 292 Å². The number of aromatic nitrogens is 1. The number of carbonyl (C=O) groups excluding carboxylic acids is 5. The quantitative estimate of drug-likeness (QED) is 0.0379. The predicted molar refractivity (Wildman–Crippen MR) is 270 cm³/mol. The zero-order valence-corrected chi connectivity index (χ0v) is 40.9. The molecule has 0 fully saturated rings. The van der Waals surface area contributed by atoms with Crippen LogP contribution in [0.3, 0.4) is 0 Å². The van der Waals surface area contributed by atoms with E-state index >= 15 is 0 Å². The summed E-state index contributed by atoms with van der Waals surface area (Å²) in [6.45, 7) is 4.63. The number of nitrogens with two attached hydrogens (primary N) is 3. The number of carbonyl (C=O) groups is 5. The van der Waals surface area contributed by atoms with Gasteiger partial charge < -0.3 is 62.1 Å². The fourth-order valence-corrected chi connectivity index (χ4v) is 8.15. The molecule has 1 aliphatic rings. The average molecular weight is 985 g/mol. The SMILES string of the molecule is CCCCCCOc1ccc(-c2cc(-c3ccc(C(=O)NC(CCN)C(=O)N(C)[C@@H]4C(=O)N[C@@H](C)C(=O)N[C@H](C(=O)NCC#N)Cc5ccc(OCCN)c(c5)-c5cc4ccc5OCCN)cc3)no2)cc1. The number of likely N-dealkylation sites (N-methyl/N-ethyl adjacent to an activating group) is 1. The second-order valence-corrected chi connectivity index (χ2v) is 17.3. The number of nitrogens with one attached hydrogen (secondary N) is 4. The molecule has 4 aromatic carbocycles. The summed E-state index contributed by atoms with van der Waals surface area (Å²) in [4.78, 5) is 71.5. The van der Waals surface area contributed by atoms with Crippen LogP contribution >= 0.6 is 0 Å². The minimum absolute atomic E-state index is 0.00119. The Kier molecular flexibility index (Phi) is 19.7. The first-order valence-corrected chi connectivity index (χ1v) is 24.2. The first kappa shape index (κ1) is 53.6. The highest BCUT2D eigenvalue weighted by Gasteiger charge is 2.36. The van der Waals surface area contributed by atoms with Crippen LogP contribution in [0.5, 0.6) is 17.2 Å². The Labute approximate surface area is 419 Å². The molecule has 5 amide bonds. The maximum Gasteiger partial charge on any atom is 0.251 e. The third-order valence-electron chi connectivity index (χ3n) is 12.0. The Morgan fingerprint density at radius 2 is 1.50 bits per heavy atom. The van der Waals surface area contributed by atoms with Crippen LogP contribution in [0.25, 0.3) is 33.7 Å². The summed E-state index contributed by atoms with van der Waals surface area (Å²) in [7, 11) is 1.42. The van der Waals surface area contributed by atoms with E-state index in [2.05, 4.69) is 33.3 Å². The molecular weight excluding hydrogens is 921 g/mol. The number of rotatable bonds is 22. The number of hydrogen-bond acceptors (Lipinski definition) is 14. The van der Waals surface area contributed by atoms with Gasteiger partial charge >= 0.3 is 0 Å². The van der Waals surface area contributed by atoms with Gasteiger partial charge in [-0.3, -0.25) is 24.0 Å². The van der Waals surface area contributed by atoms with Crippen molar-refractivity contribution < 1.29 is 42.7 Å². The van der Waals surface area contributed by atoms with Crippen LogP contribution in [0.2, 0.25) is 0 Å². The predicted octanol–water partition coefficient (Wildman–Crippen LogP) is 4.14. The molecule has 0 saturated heterocycles. The van der Waals surface area contributed by atoms with E-state index in [0.717, 1.165) is 24.2 Å². The van der Waals surface area contributed by atoms with Gasteiger partial charge in [0.25, 0.3) is 5.91 Å². The lowest BCUT2D eigenvalue weighted by Gasteiger charge is -2.32. The summed E-state index contributed by atoms with van der Waals surface area (Å²) >= 11 is 0. The van der Waals surface area contributed by atoms with E-state index < -0.39 is 53.7 Å². The van der Waals surface area contributed by atoms with Gasteiger partial charge in [-0.1, -0.05) is 55.6 Å². The van der Waals surface area contributed by atoms with Gasteiger partial charge in [0.1, 0.15) is 66.9 Å². The monoisotopic (exact) mass is 984 g/mol. The summed E-state index contributed by atoms with van der Waals surface area (Å²) in [5.41, 5.74) is 21.9. The highest BCUT2D eigenvalue weighted by atomic mass is 16.5. The standard InChI is InChI=1S/C53H64N10O9/c1-4-5-6-7-26-69-39-16-13-36(14-17-39)47-32-43(62-72-47)35-9-11-37(12-10-35)50(65)60-42(20-21-54)53(68)63(3)48-38-15-19-46(71-28-24-57)41(31-38)40-29-34(8-18-45(40)70-27-23-56)30-44(51(66)58-25-22-55)61-49(64)33(2)59-52(48)67/h8-19,29,31-33,42,44,48H,4-7,20-21,23-28,30,54,56-57H2,1-3H3,(H,58,66)(H,59,67)(H,60,65)(H,61,64)/t33-,42?,44-,48-/m0/s1. The lowest BCUT2D eigenvalue weighted by molar-refractivity contribution is -0.141. The second kappa shape index (κ2) is 26.4. The van der Waals surface area contributed by atoms with Crippen molar-refractivity contribution >= 4 is 29.5 Å². The molecule has 10 N–H and O–H groups in total. The third-order valence-corrected chi connectivity index (χ3v) is 12.0. The highest BCUT2D eigenvalue weighted by Crippen LogP contribution is 2.40. The van der Waals surface area contributed by atoms with E-state index in [4.69, 9.17) is 35.9 Å². The fourth-order valence-electron chi connectivity index (χ4n) is 8.15. The Hall–Kier alpha value is -7.79. The summed E-state index contributed by atoms with van der Waals surface area (Å²) in [6.07, 6.45) is 4.50. The van der Waals surface area contributed by atoms with E-state index in [1.807, 2.05) is 30.3 Å². The van der Waals surface area contributed by atoms with E-state index in [1.165, 1.54) is 31.7 Å². The molecule has 0 spiro atoms. The molecule has 19 nitrogen and oxygen atoms in total. The van der Waals surface area contributed by atoms with Crippen LogP contribution in [0.4, 0.5) is 0 Å². The molecule has 1 aliphatic heterocycles. The smallest absolute Gasteiger partial charge is 0.251 e. The highest BCUT2D eigenvalue weighted by molar-refractivity contribution is 5.99. The molecule has 1 aromatic heterocycles. The van der Waals surface area contributed by atoms with Gasteiger partial charge in [-0.25, -0.2) is 0 Å². The van der Waals surface area contributed by atoms with Crippen molar-refractivity contribution in [3.8, 4) is 57.0 Å². The molecule has 380 valence electrons. The first-order chi connectivity index (χ1) is 34.9. The van der Waals surface area contributed by atoms with Crippen molar-refractivity contribution in [2.75, 3.05) is 53.0 Å². The van der Waals surface area contributed by atoms with Crippen molar-refractivity contribution in [3.05, 3.63) is 108 Å². The van der Waals surface area contributed by atoms with Crippen LogP contribution in [-0.2, 0) is 25.6 Å². The van der Waals surface area contributed by atoms with Crippen molar-refractivity contribution in [2.24, 2.45) is 17.2 Å². The van der Waals surface area contributed by atoms with Crippen LogP contribution in [-0.4, -0.2) is 111 Å². The second-order valence-electron chi connectivity index (χ2n) is 17.3. The Balaban J connectivity index is 1.27. The van der Waals surface area contributed by atoms with Crippen molar-refractivity contribution in [1.82, 2.24) is 31.3 Å². The zero-order valence-electron chi connectivity index (χ0n) is 40.9. The molecule has 6 rings (SSSR count). The zero-order chi connectivity index (χ0) is 51.6. The molecular formula is C53H64N10O9. The minimum atomic E-state index is -1.40. The number of ether oxygens (including phenoxy) is 3. The van der Waals surface area contributed by atoms with Crippen molar-refractivity contribution in [1.29, 1.82) is 5.26 Å². The molecule has 2 heterocycles. The van der Waals surface area contributed by atoms with Crippen LogP contribution in [0.15, 0.2) is 95.5 Å². The number of nitrogens with zero attached hydrogens (tertiary/aromatic N) is 3. The molecule has 0 saturated carbocycles. The molecule has 72 heavy (non-hydrogen) atoms. The summed E-state index contributed by atoms with van der Waals surface area (Å²) < 4.78 is 23.7. The van der Waals surface area contributed by atoms with E-state index in [-0.39, 0.29) is 57.8 Å².